The van der Waals surface area contributed by atoms with Crippen LogP contribution in [0.2, 0.25) is 5.15 Å². The maximum absolute atomic E-state index is 12.6. The van der Waals surface area contributed by atoms with E-state index in [1.165, 1.54) is 6.20 Å². The lowest BCUT2D eigenvalue weighted by Crippen LogP contribution is -2.12. The highest BCUT2D eigenvalue weighted by molar-refractivity contribution is 9.10. The van der Waals surface area contributed by atoms with Gasteiger partial charge in [-0.2, -0.15) is 0 Å². The van der Waals surface area contributed by atoms with Crippen molar-refractivity contribution in [2.75, 3.05) is 0 Å². The third-order valence-corrected chi connectivity index (χ3v) is 5.49. The molecule has 0 aliphatic heterocycles. The average molecular weight is 372 g/mol. The number of pyridine rings is 1. The van der Waals surface area contributed by atoms with Crippen molar-refractivity contribution < 1.29 is 8.42 Å². The second-order valence-corrected chi connectivity index (χ2v) is 7.12. The van der Waals surface area contributed by atoms with Gasteiger partial charge in [0.05, 0.1) is 4.90 Å². The molecule has 0 saturated carbocycles. The summed E-state index contributed by atoms with van der Waals surface area (Å²) in [4.78, 5) is 4.18. The minimum absolute atomic E-state index is 0.146. The minimum Gasteiger partial charge on any atom is -0.241 e. The first-order valence-corrected chi connectivity index (χ1v) is 8.24. The van der Waals surface area contributed by atoms with Crippen LogP contribution in [0.3, 0.4) is 0 Å². The number of benzene rings is 1. The average Bonchev–Trinajstić information content (AvgIpc) is 2.91. The molecule has 0 saturated heterocycles. The Morgan fingerprint density at radius 1 is 1.15 bits per heavy atom. The van der Waals surface area contributed by atoms with E-state index in [9.17, 15) is 8.42 Å². The van der Waals surface area contributed by atoms with Crippen molar-refractivity contribution in [3.05, 3.63) is 58.4 Å². The molecule has 2 heterocycles. The van der Waals surface area contributed by atoms with Gasteiger partial charge in [-0.25, -0.2) is 17.4 Å². The van der Waals surface area contributed by atoms with Crippen molar-refractivity contribution in [1.29, 1.82) is 0 Å². The molecule has 0 amide bonds. The van der Waals surface area contributed by atoms with E-state index in [1.54, 1.807) is 42.6 Å². The molecule has 0 radical (unpaired) electrons. The van der Waals surface area contributed by atoms with Gasteiger partial charge in [0.1, 0.15) is 5.52 Å². The maximum Gasteiger partial charge on any atom is 0.268 e. The van der Waals surface area contributed by atoms with Gasteiger partial charge in [-0.15, -0.1) is 0 Å². The number of rotatable bonds is 2. The van der Waals surface area contributed by atoms with Gasteiger partial charge >= 0.3 is 0 Å². The van der Waals surface area contributed by atoms with Crippen molar-refractivity contribution in [2.24, 2.45) is 0 Å². The molecule has 3 rings (SSSR count). The van der Waals surface area contributed by atoms with Gasteiger partial charge in [0.25, 0.3) is 10.0 Å². The number of aromatic nitrogens is 2. The molecular weight excluding hydrogens is 364 g/mol. The first kappa shape index (κ1) is 13.6. The van der Waals surface area contributed by atoms with E-state index >= 15 is 0 Å². The molecule has 0 fully saturated rings. The maximum atomic E-state index is 12.6. The van der Waals surface area contributed by atoms with E-state index < -0.39 is 10.0 Å². The standard InChI is InChI=1S/C13H8BrClN2O2S/c14-11-8-16-13(15)12-10(11)6-7-17(12)20(18,19)9-4-2-1-3-5-9/h1-8H. The minimum atomic E-state index is -3.69. The largest absolute Gasteiger partial charge is 0.268 e. The van der Waals surface area contributed by atoms with Gasteiger partial charge in [-0.05, 0) is 34.1 Å². The van der Waals surface area contributed by atoms with E-state index in [0.717, 1.165) is 3.97 Å². The molecule has 2 aromatic heterocycles. The van der Waals surface area contributed by atoms with Crippen molar-refractivity contribution in [1.82, 2.24) is 8.96 Å². The Labute approximate surface area is 129 Å². The lowest BCUT2D eigenvalue weighted by Gasteiger charge is -2.08. The molecule has 102 valence electrons. The zero-order chi connectivity index (χ0) is 14.3. The zero-order valence-corrected chi connectivity index (χ0v) is 13.2. The number of fused-ring (bicyclic) bond motifs is 1. The van der Waals surface area contributed by atoms with E-state index in [4.69, 9.17) is 11.6 Å². The quantitative estimate of drug-likeness (QED) is 0.646. The van der Waals surface area contributed by atoms with Crippen LogP contribution in [0.1, 0.15) is 0 Å². The summed E-state index contributed by atoms with van der Waals surface area (Å²) < 4.78 is 27.1. The monoisotopic (exact) mass is 370 g/mol. The molecule has 0 atom stereocenters. The first-order chi connectivity index (χ1) is 9.51. The molecule has 0 bridgehead atoms. The Hall–Kier alpha value is -1.37. The highest BCUT2D eigenvalue weighted by atomic mass is 79.9. The number of hydrogen-bond acceptors (Lipinski definition) is 3. The van der Waals surface area contributed by atoms with Crippen LogP contribution in [0, 0.1) is 0 Å². The molecule has 0 aliphatic rings. The normalized spacial score (nSPS) is 11.9. The number of halogens is 2. The van der Waals surface area contributed by atoms with Crippen molar-refractivity contribution in [3.63, 3.8) is 0 Å². The lowest BCUT2D eigenvalue weighted by atomic mass is 10.3. The summed E-state index contributed by atoms with van der Waals surface area (Å²) in [6.07, 6.45) is 3.02. The van der Waals surface area contributed by atoms with Crippen LogP contribution in [-0.4, -0.2) is 17.4 Å². The zero-order valence-electron chi connectivity index (χ0n) is 9.99. The predicted octanol–water partition coefficient (Wildman–Crippen LogP) is 3.69. The highest BCUT2D eigenvalue weighted by Gasteiger charge is 2.21. The van der Waals surface area contributed by atoms with E-state index in [-0.39, 0.29) is 10.0 Å². The van der Waals surface area contributed by atoms with Crippen molar-refractivity contribution in [2.45, 2.75) is 4.90 Å². The third kappa shape index (κ3) is 2.04. The summed E-state index contributed by atoms with van der Waals surface area (Å²) in [5.74, 6) is 0. The van der Waals surface area contributed by atoms with Crippen LogP contribution in [0.25, 0.3) is 10.9 Å². The Balaban J connectivity index is 2.34. The molecular formula is C13H8BrClN2O2S. The SMILES string of the molecule is O=S(=O)(c1ccccc1)n1ccc2c(Br)cnc(Cl)c21. The molecule has 0 N–H and O–H groups in total. The number of nitrogens with zero attached hydrogens (tertiary/aromatic N) is 2. The predicted molar refractivity (Wildman–Crippen MR) is 81.5 cm³/mol. The summed E-state index contributed by atoms with van der Waals surface area (Å²) in [5.41, 5.74) is 0.366. The van der Waals surface area contributed by atoms with Crippen LogP contribution >= 0.6 is 27.5 Å². The summed E-state index contributed by atoms with van der Waals surface area (Å²) in [5, 5.41) is 0.845. The van der Waals surface area contributed by atoms with Gasteiger partial charge < -0.3 is 0 Å². The second-order valence-electron chi connectivity index (χ2n) is 4.09. The topological polar surface area (TPSA) is 52.0 Å². The molecule has 0 aliphatic carbocycles. The molecule has 3 aromatic rings. The second kappa shape index (κ2) is 4.87. The van der Waals surface area contributed by atoms with E-state index in [1.807, 2.05) is 0 Å². The van der Waals surface area contributed by atoms with Gasteiger partial charge in [0, 0.05) is 22.3 Å². The van der Waals surface area contributed by atoms with Gasteiger partial charge in [-0.1, -0.05) is 29.8 Å². The summed E-state index contributed by atoms with van der Waals surface area (Å²) in [7, 11) is -3.69. The molecule has 0 spiro atoms. The molecule has 20 heavy (non-hydrogen) atoms. The van der Waals surface area contributed by atoms with Crippen molar-refractivity contribution >= 4 is 48.5 Å². The fourth-order valence-electron chi connectivity index (χ4n) is 1.96. The van der Waals surface area contributed by atoms with Gasteiger partial charge in [-0.3, -0.25) is 0 Å². The van der Waals surface area contributed by atoms with E-state index in [2.05, 4.69) is 20.9 Å². The van der Waals surface area contributed by atoms with Crippen LogP contribution in [-0.2, 0) is 10.0 Å². The summed E-state index contributed by atoms with van der Waals surface area (Å²) in [6.45, 7) is 0. The van der Waals surface area contributed by atoms with Gasteiger partial charge in [0.2, 0.25) is 0 Å². The van der Waals surface area contributed by atoms with Crippen molar-refractivity contribution in [3.8, 4) is 0 Å². The summed E-state index contributed by atoms with van der Waals surface area (Å²) >= 11 is 9.39. The van der Waals surface area contributed by atoms with Crippen LogP contribution in [0.5, 0.6) is 0 Å². The van der Waals surface area contributed by atoms with Crippen LogP contribution in [0.15, 0.2) is 58.2 Å². The van der Waals surface area contributed by atoms with Crippen LogP contribution < -0.4 is 0 Å². The molecule has 0 unspecified atom stereocenters. The first-order valence-electron chi connectivity index (χ1n) is 5.63. The Bertz CT molecular complexity index is 891. The fraction of sp³-hybridized carbons (Fsp3) is 0. The van der Waals surface area contributed by atoms with E-state index in [0.29, 0.717) is 15.4 Å². The van der Waals surface area contributed by atoms with Crippen LogP contribution in [0.4, 0.5) is 0 Å². The molecule has 1 aromatic carbocycles. The number of hydrogen-bond donors (Lipinski definition) is 0. The Morgan fingerprint density at radius 2 is 1.85 bits per heavy atom. The smallest absolute Gasteiger partial charge is 0.241 e. The molecule has 7 heteroatoms. The highest BCUT2D eigenvalue weighted by Crippen LogP contribution is 2.31. The Kier molecular flexibility index (Phi) is 3.32. The summed E-state index contributed by atoms with van der Waals surface area (Å²) in [6, 6.07) is 9.88. The lowest BCUT2D eigenvalue weighted by molar-refractivity contribution is 0.589. The third-order valence-electron chi connectivity index (χ3n) is 2.90. The fourth-order valence-corrected chi connectivity index (χ4v) is 4.05. The van der Waals surface area contributed by atoms with Gasteiger partial charge in [0.15, 0.2) is 5.15 Å². The Morgan fingerprint density at radius 3 is 2.55 bits per heavy atom. The molecule has 4 nitrogen and oxygen atoms in total.